The van der Waals surface area contributed by atoms with Crippen molar-refractivity contribution in [2.45, 2.75) is 12.5 Å². The average Bonchev–Trinajstić information content (AvgIpc) is 3.44. The second kappa shape index (κ2) is 12.1. The number of nitrogens with zero attached hydrogens (tertiary/aromatic N) is 3. The van der Waals surface area contributed by atoms with E-state index in [9.17, 15) is 14.9 Å². The van der Waals surface area contributed by atoms with Gasteiger partial charge in [0.05, 0.1) is 38.8 Å². The summed E-state index contributed by atoms with van der Waals surface area (Å²) in [5, 5.41) is 17.7. The molecule has 4 aromatic carbocycles. The zero-order valence-electron chi connectivity index (χ0n) is 21.6. The van der Waals surface area contributed by atoms with Gasteiger partial charge in [0.2, 0.25) is 5.91 Å². The highest BCUT2D eigenvalue weighted by molar-refractivity contribution is 6.42. The number of hydrogen-bond acceptors (Lipinski definition) is 4. The largest absolute Gasteiger partial charge is 0.368 e. The standard InChI is InChI=1S/C32H23Cl2N5O2/c33-26-14-13-25(17-27(26)34)39-30(18-28(38-39)24-8-4-7-21(15-24)19-35)22-9-11-23(12-10-22)32(41)37-29(31(36)40)16-20-5-2-1-3-6-20/h1-15,17-18,29H,16H2,(H2,36,40)(H,37,41)/t29-/m0/s1. The minimum atomic E-state index is -0.854. The fourth-order valence-electron chi connectivity index (χ4n) is 4.40. The summed E-state index contributed by atoms with van der Waals surface area (Å²) >= 11 is 12.5. The van der Waals surface area contributed by atoms with Crippen LogP contribution in [0.25, 0.3) is 28.2 Å². The molecule has 202 valence electrons. The Morgan fingerprint density at radius 3 is 2.32 bits per heavy atom. The Morgan fingerprint density at radius 1 is 0.878 bits per heavy atom. The topological polar surface area (TPSA) is 114 Å². The van der Waals surface area contributed by atoms with Gasteiger partial charge in [-0.3, -0.25) is 9.59 Å². The molecule has 1 atom stereocenters. The van der Waals surface area contributed by atoms with E-state index in [1.165, 1.54) is 0 Å². The summed E-state index contributed by atoms with van der Waals surface area (Å²) in [6.45, 7) is 0. The quantitative estimate of drug-likeness (QED) is 0.227. The third kappa shape index (κ3) is 6.30. The van der Waals surface area contributed by atoms with E-state index in [1.54, 1.807) is 65.3 Å². The van der Waals surface area contributed by atoms with Crippen LogP contribution in [-0.4, -0.2) is 27.6 Å². The van der Waals surface area contributed by atoms with Crippen molar-refractivity contribution in [1.82, 2.24) is 15.1 Å². The Balaban J connectivity index is 1.46. The molecule has 0 aliphatic carbocycles. The molecule has 0 spiro atoms. The van der Waals surface area contributed by atoms with E-state index in [-0.39, 0.29) is 0 Å². The van der Waals surface area contributed by atoms with Crippen LogP contribution >= 0.6 is 23.2 Å². The van der Waals surface area contributed by atoms with E-state index in [0.717, 1.165) is 22.4 Å². The fraction of sp³-hybridized carbons (Fsp3) is 0.0625. The van der Waals surface area contributed by atoms with Crippen LogP contribution < -0.4 is 11.1 Å². The van der Waals surface area contributed by atoms with Crippen LogP contribution in [0.4, 0.5) is 0 Å². The maximum absolute atomic E-state index is 13.0. The predicted molar refractivity (Wildman–Crippen MR) is 160 cm³/mol. The van der Waals surface area contributed by atoms with Crippen molar-refractivity contribution >= 4 is 35.0 Å². The molecule has 41 heavy (non-hydrogen) atoms. The first-order valence-electron chi connectivity index (χ1n) is 12.6. The number of hydrogen-bond donors (Lipinski definition) is 2. The van der Waals surface area contributed by atoms with Gasteiger partial charge in [-0.05, 0) is 54.1 Å². The van der Waals surface area contributed by atoms with E-state index in [2.05, 4.69) is 11.4 Å². The molecular formula is C32H23Cl2N5O2. The molecule has 5 rings (SSSR count). The molecule has 7 nitrogen and oxygen atoms in total. The molecule has 1 aromatic heterocycles. The van der Waals surface area contributed by atoms with Gasteiger partial charge in [-0.25, -0.2) is 4.68 Å². The van der Waals surface area contributed by atoms with Gasteiger partial charge in [0.25, 0.3) is 5.91 Å². The monoisotopic (exact) mass is 579 g/mol. The summed E-state index contributed by atoms with van der Waals surface area (Å²) in [5.74, 6) is -1.03. The highest BCUT2D eigenvalue weighted by atomic mass is 35.5. The number of nitrogens with two attached hydrogens (primary N) is 1. The Labute approximate surface area is 246 Å². The first-order chi connectivity index (χ1) is 19.8. The maximum Gasteiger partial charge on any atom is 0.251 e. The lowest BCUT2D eigenvalue weighted by molar-refractivity contribution is -0.119. The van der Waals surface area contributed by atoms with Gasteiger partial charge >= 0.3 is 0 Å². The smallest absolute Gasteiger partial charge is 0.251 e. The number of benzene rings is 4. The lowest BCUT2D eigenvalue weighted by Crippen LogP contribution is -2.45. The number of primary amides is 1. The minimum Gasteiger partial charge on any atom is -0.368 e. The zero-order valence-corrected chi connectivity index (χ0v) is 23.1. The average molecular weight is 580 g/mol. The maximum atomic E-state index is 13.0. The van der Waals surface area contributed by atoms with Gasteiger partial charge in [0, 0.05) is 23.1 Å². The highest BCUT2D eigenvalue weighted by Crippen LogP contribution is 2.32. The normalized spacial score (nSPS) is 11.4. The number of nitrogens with one attached hydrogen (secondary N) is 1. The predicted octanol–water partition coefficient (Wildman–Crippen LogP) is 6.21. The molecular weight excluding hydrogens is 557 g/mol. The third-order valence-electron chi connectivity index (χ3n) is 6.52. The van der Waals surface area contributed by atoms with E-state index in [1.807, 2.05) is 42.5 Å². The van der Waals surface area contributed by atoms with E-state index >= 15 is 0 Å². The van der Waals surface area contributed by atoms with Gasteiger partial charge in [0.15, 0.2) is 0 Å². The van der Waals surface area contributed by atoms with Crippen LogP contribution in [0, 0.1) is 11.3 Å². The molecule has 3 N–H and O–H groups in total. The van der Waals surface area contributed by atoms with Crippen molar-refractivity contribution in [1.29, 1.82) is 5.26 Å². The fourth-order valence-corrected chi connectivity index (χ4v) is 4.69. The number of amides is 2. The summed E-state index contributed by atoms with van der Waals surface area (Å²) in [6.07, 6.45) is 0.290. The molecule has 0 saturated heterocycles. The van der Waals surface area contributed by atoms with Crippen LogP contribution in [-0.2, 0) is 11.2 Å². The van der Waals surface area contributed by atoms with Crippen LogP contribution in [0.1, 0.15) is 21.5 Å². The summed E-state index contributed by atoms with van der Waals surface area (Å²) in [4.78, 5) is 25.1. The zero-order chi connectivity index (χ0) is 28.9. The second-order valence-corrected chi connectivity index (χ2v) is 10.1. The van der Waals surface area contributed by atoms with Gasteiger partial charge in [-0.1, -0.05) is 77.8 Å². The molecule has 9 heteroatoms. The van der Waals surface area contributed by atoms with E-state index in [0.29, 0.717) is 39.0 Å². The minimum absolute atomic E-state index is 0.290. The van der Waals surface area contributed by atoms with Crippen molar-refractivity contribution in [2.75, 3.05) is 0 Å². The van der Waals surface area contributed by atoms with E-state index < -0.39 is 17.9 Å². The Kier molecular flexibility index (Phi) is 8.16. The van der Waals surface area contributed by atoms with E-state index in [4.69, 9.17) is 34.0 Å². The number of aromatic nitrogens is 2. The van der Waals surface area contributed by atoms with Crippen LogP contribution in [0.2, 0.25) is 10.0 Å². The summed E-state index contributed by atoms with van der Waals surface area (Å²) < 4.78 is 1.73. The van der Waals surface area contributed by atoms with Crippen molar-refractivity contribution in [2.24, 2.45) is 5.73 Å². The molecule has 0 bridgehead atoms. The Bertz CT molecular complexity index is 1780. The molecule has 2 amide bonds. The Hall–Kier alpha value is -4.90. The summed E-state index contributed by atoms with van der Waals surface area (Å²) in [5.41, 5.74) is 11.0. The molecule has 1 heterocycles. The second-order valence-electron chi connectivity index (χ2n) is 9.31. The van der Waals surface area contributed by atoms with Gasteiger partial charge in [-0.15, -0.1) is 0 Å². The van der Waals surface area contributed by atoms with Crippen LogP contribution in [0.5, 0.6) is 0 Å². The summed E-state index contributed by atoms with van der Waals surface area (Å²) in [6, 6.07) is 31.9. The molecule has 0 saturated carbocycles. The molecule has 0 unspecified atom stereocenters. The third-order valence-corrected chi connectivity index (χ3v) is 7.26. The molecule has 0 radical (unpaired) electrons. The lowest BCUT2D eigenvalue weighted by Gasteiger charge is -2.16. The van der Waals surface area contributed by atoms with Crippen molar-refractivity contribution < 1.29 is 9.59 Å². The number of halogens is 2. The molecule has 0 aliphatic rings. The molecule has 5 aromatic rings. The van der Waals surface area contributed by atoms with Crippen molar-refractivity contribution in [3.05, 3.63) is 130 Å². The first kappa shape index (κ1) is 27.7. The van der Waals surface area contributed by atoms with Gasteiger partial charge in [-0.2, -0.15) is 10.4 Å². The van der Waals surface area contributed by atoms with Crippen molar-refractivity contribution in [3.8, 4) is 34.3 Å². The number of rotatable bonds is 8. The van der Waals surface area contributed by atoms with Crippen LogP contribution in [0.3, 0.4) is 0 Å². The number of carbonyl (C=O) groups excluding carboxylic acids is 2. The number of nitriles is 1. The molecule has 0 fully saturated rings. The molecule has 0 aliphatic heterocycles. The lowest BCUT2D eigenvalue weighted by atomic mass is 10.0. The first-order valence-corrected chi connectivity index (χ1v) is 13.4. The van der Waals surface area contributed by atoms with Crippen LogP contribution in [0.15, 0.2) is 103 Å². The number of carbonyl (C=O) groups is 2. The van der Waals surface area contributed by atoms with Crippen molar-refractivity contribution in [3.63, 3.8) is 0 Å². The Morgan fingerprint density at radius 2 is 1.63 bits per heavy atom. The highest BCUT2D eigenvalue weighted by Gasteiger charge is 2.20. The van der Waals surface area contributed by atoms with Gasteiger partial charge < -0.3 is 11.1 Å². The SMILES string of the molecule is N#Cc1cccc(-c2cc(-c3ccc(C(=O)N[C@@H](Cc4ccccc4)C(N)=O)cc3)n(-c3ccc(Cl)c(Cl)c3)n2)c1. The summed E-state index contributed by atoms with van der Waals surface area (Å²) in [7, 11) is 0. The van der Waals surface area contributed by atoms with Gasteiger partial charge in [0.1, 0.15) is 6.04 Å².